The first-order valence-electron chi connectivity index (χ1n) is 5.86. The highest BCUT2D eigenvalue weighted by atomic mass is 35.5. The molecule has 4 heteroatoms. The standard InChI is InChI=1S/C12H21ClO2.Al.H/c1-3-5-9-14-11-12(7-8-13)15-10-6-4-2;;/h7-8,13H,3-6,9-10H2,1-2H3;;/q+1;;. The predicted octanol–water partition coefficient (Wildman–Crippen LogP) is 2.49. The maximum absolute atomic E-state index is 5.62. The van der Waals surface area contributed by atoms with E-state index >= 15 is 0 Å². The highest BCUT2D eigenvalue weighted by Crippen LogP contribution is 2.09. The quantitative estimate of drug-likeness (QED) is 0.274. The van der Waals surface area contributed by atoms with E-state index in [1.165, 1.54) is 0 Å². The molecular formula is C12H22AlClO2+. The van der Waals surface area contributed by atoms with Gasteiger partial charge in [-0.15, -0.1) is 0 Å². The first-order valence-corrected chi connectivity index (χ1v) is 7.04. The average Bonchev–Trinajstić information content (AvgIpc) is 2.28. The Morgan fingerprint density at radius 2 is 1.69 bits per heavy atom. The Labute approximate surface area is 112 Å². The molecule has 16 heavy (non-hydrogen) atoms. The van der Waals surface area contributed by atoms with Crippen LogP contribution in [0.2, 0.25) is 0 Å². The van der Waals surface area contributed by atoms with E-state index < -0.39 is 0 Å². The highest BCUT2D eigenvalue weighted by Gasteiger charge is 2.02. The average molecular weight is 261 g/mol. The molecule has 0 rings (SSSR count). The Balaban J connectivity index is 4.17. The summed E-state index contributed by atoms with van der Waals surface area (Å²) < 4.78 is 12.1. The van der Waals surface area contributed by atoms with Gasteiger partial charge in [-0.3, -0.25) is 0 Å². The molecule has 0 aromatic rings. The second kappa shape index (κ2) is 11.4. The van der Waals surface area contributed by atoms with Gasteiger partial charge in [-0.1, -0.05) is 26.7 Å². The van der Waals surface area contributed by atoms with Crippen molar-refractivity contribution in [3.05, 3.63) is 22.0 Å². The van der Waals surface area contributed by atoms with E-state index in [-0.39, 0.29) is 0 Å². The number of rotatable bonds is 9. The van der Waals surface area contributed by atoms with Gasteiger partial charge in [-0.2, -0.15) is 0 Å². The van der Waals surface area contributed by atoms with Gasteiger partial charge in [0.25, 0.3) is 16.3 Å². The van der Waals surface area contributed by atoms with Gasteiger partial charge in [0.1, 0.15) is 17.4 Å². The van der Waals surface area contributed by atoms with Crippen LogP contribution in [0.4, 0.5) is 0 Å². The number of unbranched alkanes of at least 4 members (excludes halogenated alkanes) is 2. The van der Waals surface area contributed by atoms with Gasteiger partial charge in [-0.25, -0.2) is 0 Å². The molecule has 91 valence electrons. The molecule has 0 fully saturated rings. The van der Waals surface area contributed by atoms with Gasteiger partial charge in [0.15, 0.2) is 5.54 Å². The number of halogens is 1. The van der Waals surface area contributed by atoms with Crippen LogP contribution in [0.3, 0.4) is 0 Å². The summed E-state index contributed by atoms with van der Waals surface area (Å²) in [6.07, 6.45) is 6.18. The fourth-order valence-corrected chi connectivity index (χ4v) is 1.51. The van der Waals surface area contributed by atoms with Crippen molar-refractivity contribution in [3.8, 4) is 0 Å². The van der Waals surface area contributed by atoms with Crippen LogP contribution in [-0.4, -0.2) is 29.5 Å². The van der Waals surface area contributed by atoms with Gasteiger partial charge >= 0.3 is 0 Å². The first-order chi connectivity index (χ1) is 7.76. The third-order valence-corrected chi connectivity index (χ3v) is 2.71. The zero-order valence-corrected chi connectivity index (χ0v) is 12.6. The number of ether oxygens (including phenoxy) is 2. The second-order valence-electron chi connectivity index (χ2n) is 3.49. The van der Waals surface area contributed by atoms with E-state index in [1.807, 2.05) is 0 Å². The molecule has 1 radical (unpaired) electrons. The summed E-state index contributed by atoms with van der Waals surface area (Å²) in [5, 5.41) is 0. The molecule has 0 heterocycles. The molecular weight excluding hydrogens is 239 g/mol. The highest BCUT2D eigenvalue weighted by molar-refractivity contribution is 6.20. The van der Waals surface area contributed by atoms with E-state index in [4.69, 9.17) is 21.1 Å². The van der Waals surface area contributed by atoms with E-state index in [0.717, 1.165) is 49.3 Å². The molecule has 0 atom stereocenters. The summed E-state index contributed by atoms with van der Waals surface area (Å²) in [7, 11) is 0. The van der Waals surface area contributed by atoms with Crippen LogP contribution in [0, 0.1) is 11.6 Å². The topological polar surface area (TPSA) is 18.5 Å². The lowest BCUT2D eigenvalue weighted by Gasteiger charge is -2.12. The minimum Gasteiger partial charge on any atom is -0.515 e. The smallest absolute Gasteiger partial charge is 0.291 e. The Kier molecular flexibility index (Phi) is 11.3. The van der Waals surface area contributed by atoms with Crippen molar-refractivity contribution in [2.75, 3.05) is 13.2 Å². The van der Waals surface area contributed by atoms with Crippen molar-refractivity contribution in [1.82, 2.24) is 0 Å². The first kappa shape index (κ1) is 15.9. The normalized spacial score (nSPS) is 12.7. The van der Waals surface area contributed by atoms with Crippen LogP contribution in [0.1, 0.15) is 39.5 Å². The number of hydrogen-bond donors (Lipinski definition) is 0. The number of allylic oxidation sites excluding steroid dienone is 1. The van der Waals surface area contributed by atoms with Crippen molar-refractivity contribution in [3.63, 3.8) is 0 Å². The summed E-state index contributed by atoms with van der Waals surface area (Å²) >= 11 is 6.52. The zero-order valence-electron chi connectivity index (χ0n) is 10.3. The molecule has 0 saturated heterocycles. The number of hydrogen-bond acceptors (Lipinski definition) is 2. The molecule has 0 bridgehead atoms. The lowest BCUT2D eigenvalue weighted by atomic mass is 10.3. The van der Waals surface area contributed by atoms with E-state index in [0.29, 0.717) is 0 Å². The van der Waals surface area contributed by atoms with Crippen molar-refractivity contribution < 1.29 is 21.1 Å². The van der Waals surface area contributed by atoms with Crippen LogP contribution in [0.25, 0.3) is 0 Å². The summed E-state index contributed by atoms with van der Waals surface area (Å²) in [5.41, 5.74) is 1.57. The molecule has 0 aromatic carbocycles. The Bertz CT molecular complexity index is 227. The van der Waals surface area contributed by atoms with E-state index in [1.54, 1.807) is 27.9 Å². The van der Waals surface area contributed by atoms with Crippen molar-refractivity contribution in [1.29, 1.82) is 0 Å². The zero-order chi connectivity index (χ0) is 12.2. The molecule has 0 N–H and O–H groups in total. The van der Waals surface area contributed by atoms with Gasteiger partial charge < -0.3 is 9.47 Å². The monoisotopic (exact) mass is 260 g/mol. The Morgan fingerprint density at radius 1 is 1.12 bits per heavy atom. The van der Waals surface area contributed by atoms with E-state index in [9.17, 15) is 0 Å². The molecule has 2 nitrogen and oxygen atoms in total. The minimum atomic E-state index is 0.727. The molecule has 0 aliphatic heterocycles. The second-order valence-corrected chi connectivity index (χ2v) is 4.41. The minimum absolute atomic E-state index is 0.727. The molecule has 0 aliphatic carbocycles. The summed E-state index contributed by atoms with van der Waals surface area (Å²) in [5.74, 6) is 0.776. The summed E-state index contributed by atoms with van der Waals surface area (Å²) in [6, 6.07) is 0. The fraction of sp³-hybridized carbons (Fsp3) is 0.667. The third kappa shape index (κ3) is 8.10. The van der Waals surface area contributed by atoms with Crippen LogP contribution >= 0.6 is 0 Å². The SMILES string of the molecule is CCCCO[C]([AlH])=C(C=C[ClH+])OCCCC. The van der Waals surface area contributed by atoms with Gasteiger partial charge in [0.05, 0.1) is 13.2 Å². The van der Waals surface area contributed by atoms with Crippen molar-refractivity contribution in [2.45, 2.75) is 39.5 Å². The summed E-state index contributed by atoms with van der Waals surface area (Å²) in [6.45, 7) is 5.76. The van der Waals surface area contributed by atoms with Crippen LogP contribution in [0.15, 0.2) is 22.0 Å². The maximum Gasteiger partial charge on any atom is 0.291 e. The largest absolute Gasteiger partial charge is 0.515 e. The van der Waals surface area contributed by atoms with Crippen molar-refractivity contribution in [2.24, 2.45) is 0 Å². The van der Waals surface area contributed by atoms with Crippen LogP contribution < -0.4 is 0 Å². The lowest BCUT2D eigenvalue weighted by molar-refractivity contribution is -0.275. The van der Waals surface area contributed by atoms with Gasteiger partial charge in [0, 0.05) is 10.7 Å². The molecule has 0 aliphatic rings. The molecule has 0 amide bonds. The molecule has 0 aromatic heterocycles. The van der Waals surface area contributed by atoms with Gasteiger partial charge in [0.2, 0.25) is 0 Å². The predicted molar refractivity (Wildman–Crippen MR) is 66.4 cm³/mol. The maximum atomic E-state index is 5.62. The fourth-order valence-electron chi connectivity index (χ4n) is 1.02. The Hall–Kier alpha value is -0.0975. The third-order valence-electron chi connectivity index (χ3n) is 2.02. The lowest BCUT2D eigenvalue weighted by Crippen LogP contribution is -2.02. The van der Waals surface area contributed by atoms with Crippen molar-refractivity contribution >= 4 is 16.3 Å². The van der Waals surface area contributed by atoms with Crippen LogP contribution in [0.5, 0.6) is 0 Å². The molecule has 0 unspecified atom stereocenters. The Morgan fingerprint density at radius 3 is 2.19 bits per heavy atom. The van der Waals surface area contributed by atoms with Crippen LogP contribution in [-0.2, 0) is 9.47 Å². The molecule has 0 saturated carbocycles. The molecule has 0 spiro atoms. The van der Waals surface area contributed by atoms with E-state index in [2.05, 4.69) is 13.8 Å². The van der Waals surface area contributed by atoms with Gasteiger partial charge in [-0.05, 0) is 12.8 Å². The summed E-state index contributed by atoms with van der Waals surface area (Å²) in [4.78, 5) is 0.